The number of carbonyl (C=O) groups excluding carboxylic acids is 3. The van der Waals surface area contributed by atoms with Crippen LogP contribution >= 0.6 is 11.8 Å². The van der Waals surface area contributed by atoms with Gasteiger partial charge in [0, 0.05) is 6.08 Å². The lowest BCUT2D eigenvalue weighted by molar-refractivity contribution is 0.0591. The van der Waals surface area contributed by atoms with E-state index in [4.69, 9.17) is 0 Å². The summed E-state index contributed by atoms with van der Waals surface area (Å²) in [6.45, 7) is 0.618. The van der Waals surface area contributed by atoms with Gasteiger partial charge in [0.1, 0.15) is 5.69 Å². The minimum absolute atomic E-state index is 0.0272. The Balaban J connectivity index is 1.93. The van der Waals surface area contributed by atoms with Crippen LogP contribution in [0.25, 0.3) is 0 Å². The highest BCUT2D eigenvalue weighted by Gasteiger charge is 2.34. The van der Waals surface area contributed by atoms with Crippen LogP contribution in [0.3, 0.4) is 0 Å². The third-order valence-electron chi connectivity index (χ3n) is 3.54. The summed E-state index contributed by atoms with van der Waals surface area (Å²) in [5.41, 5.74) is -0.187. The molecule has 0 spiro atoms. The highest BCUT2D eigenvalue weighted by Crippen LogP contribution is 2.30. The largest absolute Gasteiger partial charge is 0.464 e. The Kier molecular flexibility index (Phi) is 6.88. The van der Waals surface area contributed by atoms with Gasteiger partial charge in [-0.15, -0.1) is 11.8 Å². The monoisotopic (exact) mass is 368 g/mol. The number of nitrogens with zero attached hydrogens (tertiary/aromatic N) is 1. The SMILES string of the molecule is CNC(O)NCCCCSC1=CC(=O)c2n[nH]c(C(=O)OC)c2C1=O. The van der Waals surface area contributed by atoms with Crippen molar-refractivity contribution < 1.29 is 24.2 Å². The minimum Gasteiger partial charge on any atom is -0.464 e. The third kappa shape index (κ3) is 4.54. The highest BCUT2D eigenvalue weighted by atomic mass is 32.2. The van der Waals surface area contributed by atoms with Crippen molar-refractivity contribution in [3.63, 3.8) is 0 Å². The molecule has 0 amide bonds. The molecule has 0 aliphatic heterocycles. The van der Waals surface area contributed by atoms with Crippen LogP contribution in [0.1, 0.15) is 44.2 Å². The highest BCUT2D eigenvalue weighted by molar-refractivity contribution is 8.04. The van der Waals surface area contributed by atoms with Gasteiger partial charge in [-0.25, -0.2) is 4.79 Å². The van der Waals surface area contributed by atoms with Gasteiger partial charge >= 0.3 is 5.97 Å². The quantitative estimate of drug-likeness (QED) is 0.271. The van der Waals surface area contributed by atoms with E-state index in [-0.39, 0.29) is 21.9 Å². The first-order chi connectivity index (χ1) is 12.0. The van der Waals surface area contributed by atoms with Gasteiger partial charge < -0.3 is 9.84 Å². The molecule has 1 aliphatic rings. The van der Waals surface area contributed by atoms with E-state index in [1.54, 1.807) is 7.05 Å². The lowest BCUT2D eigenvalue weighted by atomic mass is 9.99. The standard InChI is InChI=1S/C15H20N4O5S/c1-16-15(23)17-5-3-4-6-25-9-7-8(20)11-10(13(9)21)12(19-18-11)14(22)24-2/h7,15-17,23H,3-6H2,1-2H3,(H,18,19). The van der Waals surface area contributed by atoms with Gasteiger partial charge in [0.25, 0.3) is 0 Å². The number of unbranched alkanes of at least 4 members (excludes halogenated alkanes) is 1. The zero-order valence-electron chi connectivity index (χ0n) is 13.9. The molecular weight excluding hydrogens is 348 g/mol. The van der Waals surface area contributed by atoms with Crippen molar-refractivity contribution in [2.45, 2.75) is 19.2 Å². The number of fused-ring (bicyclic) bond motifs is 1. The van der Waals surface area contributed by atoms with Crippen LogP contribution < -0.4 is 10.6 Å². The van der Waals surface area contributed by atoms with Crippen LogP contribution in [0.5, 0.6) is 0 Å². The molecule has 0 aromatic carbocycles. The molecule has 1 aliphatic carbocycles. The second kappa shape index (κ2) is 8.90. The first-order valence-corrected chi connectivity index (χ1v) is 8.67. The van der Waals surface area contributed by atoms with E-state index in [0.717, 1.165) is 12.8 Å². The number of aromatic nitrogens is 2. The predicted octanol–water partition coefficient (Wildman–Crippen LogP) is 0.0575. The number of nitrogens with one attached hydrogen (secondary N) is 3. The summed E-state index contributed by atoms with van der Waals surface area (Å²) in [7, 11) is 2.83. The van der Waals surface area contributed by atoms with Gasteiger partial charge in [-0.3, -0.25) is 25.3 Å². The molecule has 10 heteroatoms. The van der Waals surface area contributed by atoms with Crippen LogP contribution in [-0.4, -0.2) is 65.6 Å². The fourth-order valence-electron chi connectivity index (χ4n) is 2.22. The van der Waals surface area contributed by atoms with E-state index in [1.165, 1.54) is 24.9 Å². The van der Waals surface area contributed by atoms with E-state index < -0.39 is 23.9 Å². The molecule has 25 heavy (non-hydrogen) atoms. The Bertz CT molecular complexity index is 700. The summed E-state index contributed by atoms with van der Waals surface area (Å²) in [5, 5.41) is 20.9. The van der Waals surface area contributed by atoms with Crippen molar-refractivity contribution in [1.82, 2.24) is 20.8 Å². The molecule has 1 atom stereocenters. The van der Waals surface area contributed by atoms with Crippen LogP contribution in [0.2, 0.25) is 0 Å². The fourth-order valence-corrected chi connectivity index (χ4v) is 3.22. The van der Waals surface area contributed by atoms with Gasteiger partial charge in [0.05, 0.1) is 17.6 Å². The maximum Gasteiger partial charge on any atom is 0.356 e. The zero-order valence-corrected chi connectivity index (χ0v) is 14.7. The van der Waals surface area contributed by atoms with Gasteiger partial charge in [-0.2, -0.15) is 5.10 Å². The summed E-state index contributed by atoms with van der Waals surface area (Å²) >= 11 is 1.26. The molecule has 0 saturated carbocycles. The number of methoxy groups -OCH3 is 1. The first-order valence-electron chi connectivity index (χ1n) is 7.68. The first kappa shape index (κ1) is 19.3. The molecule has 0 fully saturated rings. The van der Waals surface area contributed by atoms with E-state index in [9.17, 15) is 19.5 Å². The van der Waals surface area contributed by atoms with Crippen molar-refractivity contribution in [2.75, 3.05) is 26.5 Å². The summed E-state index contributed by atoms with van der Waals surface area (Å²) in [6.07, 6.45) is 2.09. The Hall–Kier alpha value is -2.01. The summed E-state index contributed by atoms with van der Waals surface area (Å²) in [5.74, 6) is -0.932. The number of allylic oxidation sites excluding steroid dienone is 2. The molecule has 1 heterocycles. The normalized spacial score (nSPS) is 14.9. The smallest absolute Gasteiger partial charge is 0.356 e. The molecule has 2 rings (SSSR count). The van der Waals surface area contributed by atoms with Crippen molar-refractivity contribution in [3.8, 4) is 0 Å². The van der Waals surface area contributed by atoms with Gasteiger partial charge in [0.2, 0.25) is 11.6 Å². The van der Waals surface area contributed by atoms with E-state index in [0.29, 0.717) is 12.3 Å². The molecule has 0 saturated heterocycles. The average Bonchev–Trinajstić information content (AvgIpc) is 3.06. The number of Topliss-reactive ketones (excluding diaryl/α,β-unsaturated/α-hetero) is 1. The lowest BCUT2D eigenvalue weighted by Gasteiger charge is -2.12. The molecule has 4 N–H and O–H groups in total. The number of hydrogen-bond donors (Lipinski definition) is 4. The van der Waals surface area contributed by atoms with E-state index >= 15 is 0 Å². The number of ether oxygens (including phenoxy) is 1. The van der Waals surface area contributed by atoms with Gasteiger partial charge in [0.15, 0.2) is 12.0 Å². The maximum absolute atomic E-state index is 12.5. The molecule has 1 aromatic heterocycles. The Labute approximate surface area is 148 Å². The minimum atomic E-state index is -0.746. The average molecular weight is 368 g/mol. The van der Waals surface area contributed by atoms with E-state index in [1.807, 2.05) is 0 Å². The predicted molar refractivity (Wildman–Crippen MR) is 91.4 cm³/mol. The molecule has 0 bridgehead atoms. The summed E-state index contributed by atoms with van der Waals surface area (Å²) in [4.78, 5) is 36.6. The van der Waals surface area contributed by atoms with Gasteiger partial charge in [-0.1, -0.05) is 0 Å². The van der Waals surface area contributed by atoms with E-state index in [2.05, 4.69) is 25.6 Å². The second-order valence-electron chi connectivity index (χ2n) is 5.22. The number of aromatic amines is 1. The summed E-state index contributed by atoms with van der Waals surface area (Å²) in [6, 6.07) is 0. The van der Waals surface area contributed by atoms with Crippen molar-refractivity contribution in [1.29, 1.82) is 0 Å². The van der Waals surface area contributed by atoms with Crippen molar-refractivity contribution in [2.24, 2.45) is 0 Å². The lowest BCUT2D eigenvalue weighted by Crippen LogP contribution is -2.40. The summed E-state index contributed by atoms with van der Waals surface area (Å²) < 4.78 is 4.60. The number of aliphatic hydroxyl groups excluding tert-OH is 1. The fraction of sp³-hybridized carbons (Fsp3) is 0.467. The number of aliphatic hydroxyl groups is 1. The topological polar surface area (TPSA) is 133 Å². The molecular formula is C15H20N4O5S. The van der Waals surface area contributed by atoms with Crippen LogP contribution in [0, 0.1) is 0 Å². The Morgan fingerprint density at radius 3 is 2.88 bits per heavy atom. The molecule has 1 aromatic rings. The number of carbonyl (C=O) groups is 3. The van der Waals surface area contributed by atoms with Crippen LogP contribution in [-0.2, 0) is 4.74 Å². The number of H-pyrrole nitrogens is 1. The number of thioether (sulfide) groups is 1. The number of esters is 1. The Morgan fingerprint density at radius 1 is 1.44 bits per heavy atom. The van der Waals surface area contributed by atoms with Crippen LogP contribution in [0.15, 0.2) is 11.0 Å². The number of ketones is 2. The molecule has 9 nitrogen and oxygen atoms in total. The zero-order chi connectivity index (χ0) is 18.4. The number of rotatable bonds is 9. The third-order valence-corrected chi connectivity index (χ3v) is 4.65. The Morgan fingerprint density at radius 2 is 2.20 bits per heavy atom. The maximum atomic E-state index is 12.5. The van der Waals surface area contributed by atoms with Crippen molar-refractivity contribution in [3.05, 3.63) is 27.9 Å². The molecule has 1 unspecified atom stereocenters. The number of hydrogen-bond acceptors (Lipinski definition) is 9. The molecule has 0 radical (unpaired) electrons. The van der Waals surface area contributed by atoms with Crippen LogP contribution in [0.4, 0.5) is 0 Å². The van der Waals surface area contributed by atoms with Gasteiger partial charge in [-0.05, 0) is 32.2 Å². The second-order valence-corrected chi connectivity index (χ2v) is 6.35. The van der Waals surface area contributed by atoms with Crippen molar-refractivity contribution >= 4 is 29.3 Å². The molecule has 136 valence electrons.